The van der Waals surface area contributed by atoms with Crippen molar-refractivity contribution >= 4 is 15.9 Å². The zero-order valence-corrected chi connectivity index (χ0v) is 12.9. The SMILES string of the molecule is C[C@H](N)c1ccc(Oc2ccc(CCO)cc2)cc1Br. The Balaban J connectivity index is 2.11. The van der Waals surface area contributed by atoms with E-state index in [1.54, 1.807) is 0 Å². The Bertz CT molecular complexity index is 567. The van der Waals surface area contributed by atoms with E-state index in [0.717, 1.165) is 27.1 Å². The van der Waals surface area contributed by atoms with Gasteiger partial charge in [0.1, 0.15) is 11.5 Å². The van der Waals surface area contributed by atoms with Gasteiger partial charge in [-0.15, -0.1) is 0 Å². The van der Waals surface area contributed by atoms with Crippen LogP contribution in [0.1, 0.15) is 24.1 Å². The zero-order valence-electron chi connectivity index (χ0n) is 11.3. The van der Waals surface area contributed by atoms with Crippen LogP contribution in [0.3, 0.4) is 0 Å². The highest BCUT2D eigenvalue weighted by Gasteiger charge is 2.06. The lowest BCUT2D eigenvalue weighted by Crippen LogP contribution is -2.05. The molecule has 0 aliphatic heterocycles. The van der Waals surface area contributed by atoms with Crippen molar-refractivity contribution in [1.82, 2.24) is 0 Å². The first-order valence-electron chi connectivity index (χ1n) is 6.53. The minimum atomic E-state index is -0.0174. The summed E-state index contributed by atoms with van der Waals surface area (Å²) < 4.78 is 6.74. The van der Waals surface area contributed by atoms with E-state index in [9.17, 15) is 0 Å². The predicted molar refractivity (Wildman–Crippen MR) is 84.1 cm³/mol. The summed E-state index contributed by atoms with van der Waals surface area (Å²) >= 11 is 3.51. The van der Waals surface area contributed by atoms with E-state index in [4.69, 9.17) is 15.6 Å². The molecule has 3 N–H and O–H groups in total. The summed E-state index contributed by atoms with van der Waals surface area (Å²) in [5.41, 5.74) is 8.01. The van der Waals surface area contributed by atoms with Crippen LogP contribution in [0.5, 0.6) is 11.5 Å². The molecule has 0 spiro atoms. The highest BCUT2D eigenvalue weighted by atomic mass is 79.9. The fraction of sp³-hybridized carbons (Fsp3) is 0.250. The Morgan fingerprint density at radius 3 is 2.35 bits per heavy atom. The Morgan fingerprint density at radius 1 is 1.15 bits per heavy atom. The fourth-order valence-corrected chi connectivity index (χ4v) is 2.65. The lowest BCUT2D eigenvalue weighted by atomic mass is 10.1. The van der Waals surface area contributed by atoms with Crippen LogP contribution in [0, 0.1) is 0 Å². The molecule has 0 saturated heterocycles. The Morgan fingerprint density at radius 2 is 1.80 bits per heavy atom. The van der Waals surface area contributed by atoms with Crippen LogP contribution in [0.25, 0.3) is 0 Å². The van der Waals surface area contributed by atoms with Gasteiger partial charge in [0.2, 0.25) is 0 Å². The van der Waals surface area contributed by atoms with Crippen LogP contribution in [-0.2, 0) is 6.42 Å². The number of aliphatic hydroxyl groups is 1. The maximum atomic E-state index is 8.88. The third-order valence-corrected chi connectivity index (χ3v) is 3.71. The number of aliphatic hydroxyl groups excluding tert-OH is 1. The molecule has 0 aromatic heterocycles. The lowest BCUT2D eigenvalue weighted by molar-refractivity contribution is 0.299. The van der Waals surface area contributed by atoms with Crippen molar-refractivity contribution in [3.8, 4) is 11.5 Å². The van der Waals surface area contributed by atoms with Crippen LogP contribution in [0.2, 0.25) is 0 Å². The summed E-state index contributed by atoms with van der Waals surface area (Å²) in [6.07, 6.45) is 0.662. The molecule has 2 rings (SSSR count). The zero-order chi connectivity index (χ0) is 14.5. The summed E-state index contributed by atoms with van der Waals surface area (Å²) in [7, 11) is 0. The van der Waals surface area contributed by atoms with Crippen molar-refractivity contribution in [2.24, 2.45) is 5.73 Å². The molecule has 0 heterocycles. The number of hydrogen-bond acceptors (Lipinski definition) is 3. The van der Waals surface area contributed by atoms with Crippen molar-refractivity contribution in [2.45, 2.75) is 19.4 Å². The first-order valence-corrected chi connectivity index (χ1v) is 7.32. The highest BCUT2D eigenvalue weighted by Crippen LogP contribution is 2.29. The summed E-state index contributed by atoms with van der Waals surface area (Å²) in [5.74, 6) is 1.53. The van der Waals surface area contributed by atoms with E-state index >= 15 is 0 Å². The Hall–Kier alpha value is -1.36. The molecule has 20 heavy (non-hydrogen) atoms. The highest BCUT2D eigenvalue weighted by molar-refractivity contribution is 9.10. The van der Waals surface area contributed by atoms with Gasteiger partial charge >= 0.3 is 0 Å². The summed E-state index contributed by atoms with van der Waals surface area (Å²) in [6.45, 7) is 2.10. The van der Waals surface area contributed by atoms with E-state index in [1.165, 1.54) is 0 Å². The van der Waals surface area contributed by atoms with Gasteiger partial charge in [-0.2, -0.15) is 0 Å². The molecular formula is C16H18BrNO2. The van der Waals surface area contributed by atoms with E-state index in [1.807, 2.05) is 49.4 Å². The van der Waals surface area contributed by atoms with Gasteiger partial charge in [0.15, 0.2) is 0 Å². The van der Waals surface area contributed by atoms with Crippen molar-refractivity contribution in [2.75, 3.05) is 6.61 Å². The maximum Gasteiger partial charge on any atom is 0.128 e. The number of ether oxygens (including phenoxy) is 1. The topological polar surface area (TPSA) is 55.5 Å². The first-order chi connectivity index (χ1) is 9.60. The molecule has 0 saturated carbocycles. The molecule has 0 radical (unpaired) electrons. The predicted octanol–water partition coefficient (Wildman–Crippen LogP) is 3.80. The lowest BCUT2D eigenvalue weighted by Gasteiger charge is -2.11. The maximum absolute atomic E-state index is 8.88. The fourth-order valence-electron chi connectivity index (χ4n) is 1.93. The van der Waals surface area contributed by atoms with Crippen LogP contribution in [0.4, 0.5) is 0 Å². The van der Waals surface area contributed by atoms with Crippen LogP contribution in [0.15, 0.2) is 46.9 Å². The molecule has 0 aliphatic rings. The molecule has 2 aromatic rings. The van der Waals surface area contributed by atoms with Gasteiger partial charge in [-0.05, 0) is 48.7 Å². The Labute approximate surface area is 127 Å². The molecule has 4 heteroatoms. The monoisotopic (exact) mass is 335 g/mol. The second-order valence-corrected chi connectivity index (χ2v) is 5.55. The average molecular weight is 336 g/mol. The van der Waals surface area contributed by atoms with Gasteiger partial charge in [0, 0.05) is 17.1 Å². The standard InChI is InChI=1S/C16H18BrNO2/c1-11(18)15-7-6-14(10-16(15)17)20-13-4-2-12(3-5-13)8-9-19/h2-7,10-11,19H,8-9,18H2,1H3/t11-/m0/s1. The summed E-state index contributed by atoms with van der Waals surface area (Å²) in [6, 6.07) is 13.5. The molecule has 0 aliphatic carbocycles. The number of rotatable bonds is 5. The number of hydrogen-bond donors (Lipinski definition) is 2. The van der Waals surface area contributed by atoms with Gasteiger partial charge in [-0.25, -0.2) is 0 Å². The Kier molecular flexibility index (Phi) is 5.17. The molecule has 0 fully saturated rings. The van der Waals surface area contributed by atoms with Gasteiger partial charge < -0.3 is 15.6 Å². The van der Waals surface area contributed by atoms with Gasteiger partial charge in [0.05, 0.1) is 0 Å². The van der Waals surface area contributed by atoms with Gasteiger partial charge in [-0.3, -0.25) is 0 Å². The van der Waals surface area contributed by atoms with E-state index in [-0.39, 0.29) is 12.6 Å². The minimum absolute atomic E-state index is 0.0174. The summed E-state index contributed by atoms with van der Waals surface area (Å²) in [4.78, 5) is 0. The molecular weight excluding hydrogens is 318 g/mol. The quantitative estimate of drug-likeness (QED) is 0.873. The van der Waals surface area contributed by atoms with Gasteiger partial charge in [-0.1, -0.05) is 34.1 Å². The minimum Gasteiger partial charge on any atom is -0.457 e. The van der Waals surface area contributed by atoms with E-state index in [0.29, 0.717) is 6.42 Å². The van der Waals surface area contributed by atoms with E-state index < -0.39 is 0 Å². The average Bonchev–Trinajstić information content (AvgIpc) is 2.41. The van der Waals surface area contributed by atoms with Crippen molar-refractivity contribution in [3.63, 3.8) is 0 Å². The van der Waals surface area contributed by atoms with Crippen LogP contribution >= 0.6 is 15.9 Å². The van der Waals surface area contributed by atoms with E-state index in [2.05, 4.69) is 15.9 Å². The molecule has 1 atom stereocenters. The first kappa shape index (κ1) is 15.0. The smallest absolute Gasteiger partial charge is 0.128 e. The largest absolute Gasteiger partial charge is 0.457 e. The van der Waals surface area contributed by atoms with Crippen LogP contribution in [-0.4, -0.2) is 11.7 Å². The molecule has 3 nitrogen and oxygen atoms in total. The third-order valence-electron chi connectivity index (χ3n) is 3.02. The molecule has 2 aromatic carbocycles. The van der Waals surface area contributed by atoms with Crippen molar-refractivity contribution in [3.05, 3.63) is 58.1 Å². The normalized spacial score (nSPS) is 12.2. The summed E-state index contributed by atoms with van der Waals surface area (Å²) in [5, 5.41) is 8.88. The van der Waals surface area contributed by atoms with Crippen molar-refractivity contribution < 1.29 is 9.84 Å². The molecule has 106 valence electrons. The van der Waals surface area contributed by atoms with Gasteiger partial charge in [0.25, 0.3) is 0 Å². The van der Waals surface area contributed by atoms with Crippen LogP contribution < -0.4 is 10.5 Å². The third kappa shape index (κ3) is 3.82. The number of halogens is 1. The number of nitrogens with two attached hydrogens (primary N) is 1. The van der Waals surface area contributed by atoms with Crippen molar-refractivity contribution in [1.29, 1.82) is 0 Å². The number of benzene rings is 2. The second-order valence-electron chi connectivity index (χ2n) is 4.69. The molecule has 0 unspecified atom stereocenters. The second kappa shape index (κ2) is 6.88. The molecule has 0 amide bonds. The molecule has 0 bridgehead atoms.